The average Bonchev–Trinajstić information content (AvgIpc) is 3.06. The number of nitrogens with one attached hydrogen (secondary N) is 2. The van der Waals surface area contributed by atoms with Crippen LogP contribution in [0.15, 0.2) is 42.5 Å². The van der Waals surface area contributed by atoms with E-state index in [1.807, 2.05) is 13.8 Å². The molecule has 2 N–H and O–H groups in total. The Morgan fingerprint density at radius 1 is 1.06 bits per heavy atom. The Bertz CT molecular complexity index is 1190. The van der Waals surface area contributed by atoms with Crippen molar-refractivity contribution in [3.63, 3.8) is 0 Å². The fourth-order valence-corrected chi connectivity index (χ4v) is 4.24. The number of halogens is 2. The molecule has 2 amide bonds. The summed E-state index contributed by atoms with van der Waals surface area (Å²) in [5.41, 5.74) is 1.51. The van der Waals surface area contributed by atoms with Gasteiger partial charge in [-0.05, 0) is 61.2 Å². The molecule has 3 aromatic rings. The van der Waals surface area contributed by atoms with E-state index in [0.29, 0.717) is 22.1 Å². The van der Waals surface area contributed by atoms with Gasteiger partial charge in [-0.2, -0.15) is 0 Å². The summed E-state index contributed by atoms with van der Waals surface area (Å²) in [5.74, 6) is 0.209. The number of benzene rings is 2. The van der Waals surface area contributed by atoms with Crippen LogP contribution in [0.3, 0.4) is 0 Å². The SMILES string of the molecule is CC(C)C(NC(=O)c1ccc(F)cc1)C(=O)Nc1ccc(Cl)c(-c2nnc3n2CCCCC3)c1. The van der Waals surface area contributed by atoms with Crippen molar-refractivity contribution < 1.29 is 14.0 Å². The molecule has 0 fully saturated rings. The first-order valence-corrected chi connectivity index (χ1v) is 11.8. The van der Waals surface area contributed by atoms with E-state index in [-0.39, 0.29) is 17.4 Å². The fourth-order valence-electron chi connectivity index (χ4n) is 4.04. The zero-order valence-corrected chi connectivity index (χ0v) is 19.9. The molecule has 2 aromatic carbocycles. The van der Waals surface area contributed by atoms with E-state index in [1.54, 1.807) is 18.2 Å². The summed E-state index contributed by atoms with van der Waals surface area (Å²) in [6.45, 7) is 4.51. The maximum absolute atomic E-state index is 13.2. The van der Waals surface area contributed by atoms with Gasteiger partial charge in [0.15, 0.2) is 5.82 Å². The first-order chi connectivity index (χ1) is 16.3. The maximum atomic E-state index is 13.2. The number of amides is 2. The molecule has 1 aliphatic rings. The average molecular weight is 484 g/mol. The molecule has 178 valence electrons. The van der Waals surface area contributed by atoms with Crippen LogP contribution in [-0.4, -0.2) is 32.6 Å². The largest absolute Gasteiger partial charge is 0.340 e. The summed E-state index contributed by atoms with van der Waals surface area (Å²) >= 11 is 6.49. The first kappa shape index (κ1) is 23.9. The third kappa shape index (κ3) is 5.28. The molecule has 1 atom stereocenters. The van der Waals surface area contributed by atoms with Crippen molar-refractivity contribution in [2.75, 3.05) is 5.32 Å². The van der Waals surface area contributed by atoms with Crippen LogP contribution in [0.2, 0.25) is 5.02 Å². The van der Waals surface area contributed by atoms with E-state index < -0.39 is 17.8 Å². The lowest BCUT2D eigenvalue weighted by molar-refractivity contribution is -0.118. The monoisotopic (exact) mass is 483 g/mol. The van der Waals surface area contributed by atoms with E-state index in [0.717, 1.165) is 38.1 Å². The van der Waals surface area contributed by atoms with Gasteiger partial charge in [-0.1, -0.05) is 31.9 Å². The van der Waals surface area contributed by atoms with Gasteiger partial charge in [0.05, 0.1) is 5.02 Å². The Morgan fingerprint density at radius 3 is 2.56 bits per heavy atom. The molecular weight excluding hydrogens is 457 g/mol. The topological polar surface area (TPSA) is 88.9 Å². The predicted octanol–water partition coefficient (Wildman–Crippen LogP) is 4.86. The van der Waals surface area contributed by atoms with E-state index in [9.17, 15) is 14.0 Å². The smallest absolute Gasteiger partial charge is 0.251 e. The number of rotatable bonds is 6. The number of hydrogen-bond acceptors (Lipinski definition) is 4. The highest BCUT2D eigenvalue weighted by atomic mass is 35.5. The summed E-state index contributed by atoms with van der Waals surface area (Å²) < 4.78 is 15.3. The Kier molecular flexibility index (Phi) is 7.26. The van der Waals surface area contributed by atoms with Crippen LogP contribution in [0.1, 0.15) is 49.3 Å². The number of aryl methyl sites for hydroxylation is 1. The molecule has 0 aliphatic carbocycles. The molecule has 0 radical (unpaired) electrons. The highest BCUT2D eigenvalue weighted by molar-refractivity contribution is 6.33. The second kappa shape index (κ2) is 10.3. The van der Waals surface area contributed by atoms with E-state index in [4.69, 9.17) is 11.6 Å². The van der Waals surface area contributed by atoms with E-state index in [2.05, 4.69) is 25.4 Å². The van der Waals surface area contributed by atoms with Gasteiger partial charge < -0.3 is 15.2 Å². The van der Waals surface area contributed by atoms with Gasteiger partial charge in [-0.25, -0.2) is 4.39 Å². The Labute approximate surface area is 202 Å². The molecule has 2 heterocycles. The van der Waals surface area contributed by atoms with Gasteiger partial charge in [0.2, 0.25) is 5.91 Å². The van der Waals surface area contributed by atoms with Gasteiger partial charge in [0, 0.05) is 29.8 Å². The summed E-state index contributed by atoms with van der Waals surface area (Å²) in [6.07, 6.45) is 4.16. The van der Waals surface area contributed by atoms with Crippen LogP contribution in [-0.2, 0) is 17.8 Å². The molecule has 1 aliphatic heterocycles. The minimum absolute atomic E-state index is 0.177. The van der Waals surface area contributed by atoms with Crippen molar-refractivity contribution in [3.05, 3.63) is 64.7 Å². The van der Waals surface area contributed by atoms with Crippen LogP contribution in [0.25, 0.3) is 11.4 Å². The number of aromatic nitrogens is 3. The quantitative estimate of drug-likeness (QED) is 0.524. The van der Waals surface area contributed by atoms with E-state index in [1.165, 1.54) is 24.3 Å². The Hall–Kier alpha value is -3.26. The minimum Gasteiger partial charge on any atom is -0.340 e. The molecule has 1 unspecified atom stereocenters. The van der Waals surface area contributed by atoms with Crippen LogP contribution in [0.4, 0.5) is 10.1 Å². The van der Waals surface area contributed by atoms with Crippen molar-refractivity contribution in [2.45, 2.75) is 52.1 Å². The van der Waals surface area contributed by atoms with Crippen molar-refractivity contribution in [1.29, 1.82) is 0 Å². The van der Waals surface area contributed by atoms with Crippen molar-refractivity contribution >= 4 is 29.1 Å². The maximum Gasteiger partial charge on any atom is 0.251 e. The van der Waals surface area contributed by atoms with Crippen LogP contribution >= 0.6 is 11.6 Å². The van der Waals surface area contributed by atoms with Crippen molar-refractivity contribution in [2.24, 2.45) is 5.92 Å². The number of hydrogen-bond donors (Lipinski definition) is 2. The van der Waals surface area contributed by atoms with Gasteiger partial charge in [0.1, 0.15) is 17.7 Å². The third-order valence-electron chi connectivity index (χ3n) is 5.93. The Morgan fingerprint density at radius 2 is 1.82 bits per heavy atom. The molecule has 0 spiro atoms. The lowest BCUT2D eigenvalue weighted by Gasteiger charge is -2.22. The van der Waals surface area contributed by atoms with Crippen LogP contribution < -0.4 is 10.6 Å². The molecule has 1 aromatic heterocycles. The number of carbonyl (C=O) groups excluding carboxylic acids is 2. The molecule has 34 heavy (non-hydrogen) atoms. The highest BCUT2D eigenvalue weighted by Crippen LogP contribution is 2.31. The zero-order valence-electron chi connectivity index (χ0n) is 19.1. The van der Waals surface area contributed by atoms with Crippen LogP contribution in [0, 0.1) is 11.7 Å². The minimum atomic E-state index is -0.791. The number of anilines is 1. The van der Waals surface area contributed by atoms with Crippen molar-refractivity contribution in [1.82, 2.24) is 20.1 Å². The van der Waals surface area contributed by atoms with Crippen molar-refractivity contribution in [3.8, 4) is 11.4 Å². The molecule has 0 bridgehead atoms. The second-order valence-corrected chi connectivity index (χ2v) is 9.20. The Balaban J connectivity index is 1.53. The lowest BCUT2D eigenvalue weighted by atomic mass is 10.0. The van der Waals surface area contributed by atoms with E-state index >= 15 is 0 Å². The molecule has 0 saturated carbocycles. The second-order valence-electron chi connectivity index (χ2n) is 8.79. The molecule has 9 heteroatoms. The molecular formula is C25H27ClFN5O2. The first-order valence-electron chi connectivity index (χ1n) is 11.4. The van der Waals surface area contributed by atoms with Gasteiger partial charge >= 0.3 is 0 Å². The third-order valence-corrected chi connectivity index (χ3v) is 6.26. The molecule has 0 saturated heterocycles. The summed E-state index contributed by atoms with van der Waals surface area (Å²) in [6, 6.07) is 9.59. The predicted molar refractivity (Wildman–Crippen MR) is 129 cm³/mol. The molecule has 7 nitrogen and oxygen atoms in total. The number of nitrogens with zero attached hydrogens (tertiary/aromatic N) is 3. The lowest BCUT2D eigenvalue weighted by Crippen LogP contribution is -2.47. The van der Waals surface area contributed by atoms with Gasteiger partial charge in [0.25, 0.3) is 5.91 Å². The zero-order chi connectivity index (χ0) is 24.2. The summed E-state index contributed by atoms with van der Waals surface area (Å²) in [5, 5.41) is 14.8. The molecule has 4 rings (SSSR count). The highest BCUT2D eigenvalue weighted by Gasteiger charge is 2.25. The van der Waals surface area contributed by atoms with Gasteiger partial charge in [-0.3, -0.25) is 9.59 Å². The van der Waals surface area contributed by atoms with Gasteiger partial charge in [-0.15, -0.1) is 10.2 Å². The summed E-state index contributed by atoms with van der Waals surface area (Å²) in [4.78, 5) is 25.7. The fraction of sp³-hybridized carbons (Fsp3) is 0.360. The standard InChI is InChI=1S/C25H27ClFN5O2/c1-15(2)22(29-24(33)16-7-9-17(27)10-8-16)25(34)28-18-11-12-20(26)19(14-18)23-31-30-21-6-4-3-5-13-32(21)23/h7-12,14-15,22H,3-6,13H2,1-2H3,(H,28,34)(H,29,33). The summed E-state index contributed by atoms with van der Waals surface area (Å²) in [7, 11) is 0. The normalized spacial score (nSPS) is 14.3. The number of fused-ring (bicyclic) bond motifs is 1. The number of carbonyl (C=O) groups is 2. The van der Waals surface area contributed by atoms with Crippen LogP contribution in [0.5, 0.6) is 0 Å².